The first-order valence-electron chi connectivity index (χ1n) is 5.15. The van der Waals surface area contributed by atoms with Crippen LogP contribution in [0.1, 0.15) is 12.5 Å². The molecule has 2 aromatic rings. The van der Waals surface area contributed by atoms with Crippen LogP contribution in [0.15, 0.2) is 44.7 Å². The summed E-state index contributed by atoms with van der Waals surface area (Å²) < 4.78 is 31.7. The molecule has 0 bridgehead atoms. The minimum atomic E-state index is -3.38. The van der Waals surface area contributed by atoms with Gasteiger partial charge in [-0.2, -0.15) is 0 Å². The van der Waals surface area contributed by atoms with Gasteiger partial charge in [-0.3, -0.25) is 0 Å². The highest BCUT2D eigenvalue weighted by molar-refractivity contribution is 7.91. The Morgan fingerprint density at radius 2 is 2.29 bits per heavy atom. The Morgan fingerprint density at radius 3 is 2.88 bits per heavy atom. The fraction of sp³-hybridized carbons (Fsp3) is 0.273. The molecule has 4 nitrogen and oxygen atoms in total. The van der Waals surface area contributed by atoms with Crippen molar-refractivity contribution in [2.24, 2.45) is 0 Å². The zero-order chi connectivity index (χ0) is 12.3. The average molecular weight is 271 g/mol. The van der Waals surface area contributed by atoms with Gasteiger partial charge in [-0.1, -0.05) is 6.07 Å². The smallest absolute Gasteiger partial charge is 0.250 e. The maximum atomic E-state index is 11.9. The van der Waals surface area contributed by atoms with Crippen molar-refractivity contribution in [3.05, 3.63) is 41.7 Å². The van der Waals surface area contributed by atoms with Gasteiger partial charge in [0.05, 0.1) is 12.5 Å². The number of thiophene rings is 1. The summed E-state index contributed by atoms with van der Waals surface area (Å²) in [4.78, 5) is 0. The molecule has 1 N–H and O–H groups in total. The van der Waals surface area contributed by atoms with Crippen LogP contribution in [0.25, 0.3) is 0 Å². The lowest BCUT2D eigenvalue weighted by Gasteiger charge is -2.12. The van der Waals surface area contributed by atoms with Crippen LogP contribution in [0.2, 0.25) is 0 Å². The third-order valence-electron chi connectivity index (χ3n) is 2.24. The van der Waals surface area contributed by atoms with Crippen molar-refractivity contribution in [3.8, 4) is 0 Å². The molecule has 0 aliphatic heterocycles. The lowest BCUT2D eigenvalue weighted by Crippen LogP contribution is -2.33. The summed E-state index contributed by atoms with van der Waals surface area (Å²) in [5.41, 5.74) is 0.978. The van der Waals surface area contributed by atoms with Gasteiger partial charge < -0.3 is 4.42 Å². The molecule has 0 fully saturated rings. The van der Waals surface area contributed by atoms with E-state index in [9.17, 15) is 8.42 Å². The van der Waals surface area contributed by atoms with Crippen molar-refractivity contribution in [1.29, 1.82) is 0 Å². The minimum absolute atomic E-state index is 0.167. The second-order valence-corrected chi connectivity index (χ2v) is 6.68. The molecule has 0 aliphatic carbocycles. The van der Waals surface area contributed by atoms with E-state index in [2.05, 4.69) is 4.72 Å². The van der Waals surface area contributed by atoms with Gasteiger partial charge in [0.1, 0.15) is 4.21 Å². The van der Waals surface area contributed by atoms with Crippen LogP contribution < -0.4 is 4.72 Å². The van der Waals surface area contributed by atoms with Gasteiger partial charge in [-0.05, 0) is 36.4 Å². The second-order valence-electron chi connectivity index (χ2n) is 3.79. The first-order valence-corrected chi connectivity index (χ1v) is 7.51. The van der Waals surface area contributed by atoms with Crippen molar-refractivity contribution in [2.45, 2.75) is 23.6 Å². The van der Waals surface area contributed by atoms with E-state index in [1.807, 2.05) is 13.0 Å². The van der Waals surface area contributed by atoms with Crippen molar-refractivity contribution in [2.75, 3.05) is 0 Å². The molecule has 92 valence electrons. The molecule has 0 amide bonds. The van der Waals surface area contributed by atoms with Gasteiger partial charge >= 0.3 is 0 Å². The summed E-state index contributed by atoms with van der Waals surface area (Å²) in [5, 5.41) is 1.75. The van der Waals surface area contributed by atoms with E-state index in [0.717, 1.165) is 5.56 Å². The normalized spacial score (nSPS) is 13.7. The van der Waals surface area contributed by atoms with Crippen molar-refractivity contribution < 1.29 is 12.8 Å². The van der Waals surface area contributed by atoms with Crippen LogP contribution >= 0.6 is 11.3 Å². The Balaban J connectivity index is 2.01. The average Bonchev–Trinajstić information content (AvgIpc) is 2.87. The van der Waals surface area contributed by atoms with Crippen LogP contribution in [0, 0.1) is 0 Å². The second kappa shape index (κ2) is 5.03. The molecule has 0 aliphatic rings. The Kier molecular flexibility index (Phi) is 3.66. The minimum Gasteiger partial charge on any atom is -0.472 e. The van der Waals surface area contributed by atoms with E-state index in [1.165, 1.54) is 11.3 Å². The molecule has 2 rings (SSSR count). The van der Waals surface area contributed by atoms with Gasteiger partial charge in [0.15, 0.2) is 0 Å². The third kappa shape index (κ3) is 3.18. The van der Waals surface area contributed by atoms with Crippen molar-refractivity contribution >= 4 is 21.4 Å². The molecule has 0 saturated carbocycles. The number of hydrogen-bond acceptors (Lipinski definition) is 4. The predicted octanol–water partition coefficient (Wildman–Crippen LogP) is 2.25. The zero-order valence-corrected chi connectivity index (χ0v) is 10.9. The highest BCUT2D eigenvalue weighted by Gasteiger charge is 2.18. The van der Waals surface area contributed by atoms with Crippen LogP contribution in [0.3, 0.4) is 0 Å². The topological polar surface area (TPSA) is 59.3 Å². The highest BCUT2D eigenvalue weighted by atomic mass is 32.2. The van der Waals surface area contributed by atoms with Gasteiger partial charge in [0, 0.05) is 6.04 Å². The van der Waals surface area contributed by atoms with Crippen LogP contribution in [0.4, 0.5) is 0 Å². The van der Waals surface area contributed by atoms with E-state index in [0.29, 0.717) is 10.6 Å². The summed E-state index contributed by atoms with van der Waals surface area (Å²) in [7, 11) is -3.38. The number of hydrogen-bond donors (Lipinski definition) is 1. The van der Waals surface area contributed by atoms with Gasteiger partial charge in [-0.15, -0.1) is 11.3 Å². The first-order chi connectivity index (χ1) is 8.08. The SMILES string of the molecule is C[C@@H](Cc1ccoc1)NS(=O)(=O)c1cccs1. The van der Waals surface area contributed by atoms with E-state index in [1.54, 1.807) is 30.0 Å². The van der Waals surface area contributed by atoms with Gasteiger partial charge in [-0.25, -0.2) is 13.1 Å². The molecular weight excluding hydrogens is 258 g/mol. The van der Waals surface area contributed by atoms with Gasteiger partial charge in [0.2, 0.25) is 10.0 Å². The Bertz CT molecular complexity index is 544. The van der Waals surface area contributed by atoms with E-state index in [-0.39, 0.29) is 6.04 Å². The maximum absolute atomic E-state index is 11.9. The van der Waals surface area contributed by atoms with Crippen LogP contribution in [-0.4, -0.2) is 14.5 Å². The van der Waals surface area contributed by atoms with Crippen LogP contribution in [0.5, 0.6) is 0 Å². The zero-order valence-electron chi connectivity index (χ0n) is 9.29. The standard InChI is InChI=1S/C11H13NO3S2/c1-9(7-10-4-5-15-8-10)12-17(13,14)11-3-2-6-16-11/h2-6,8-9,12H,7H2,1H3/t9-/m0/s1. The highest BCUT2D eigenvalue weighted by Crippen LogP contribution is 2.16. The Hall–Kier alpha value is -1.11. The quantitative estimate of drug-likeness (QED) is 0.907. The molecule has 0 spiro atoms. The summed E-state index contributed by atoms with van der Waals surface area (Å²) in [6, 6.07) is 4.98. The summed E-state index contributed by atoms with van der Waals surface area (Å²) in [5.74, 6) is 0. The number of rotatable bonds is 5. The van der Waals surface area contributed by atoms with E-state index < -0.39 is 10.0 Å². The molecule has 6 heteroatoms. The molecule has 2 heterocycles. The predicted molar refractivity (Wildman–Crippen MR) is 66.5 cm³/mol. The molecule has 0 saturated heterocycles. The number of nitrogens with one attached hydrogen (secondary N) is 1. The fourth-order valence-corrected chi connectivity index (χ4v) is 3.80. The molecule has 0 radical (unpaired) electrons. The fourth-order valence-electron chi connectivity index (χ4n) is 1.54. The summed E-state index contributed by atoms with van der Waals surface area (Å²) in [6.07, 6.45) is 3.81. The molecule has 2 aromatic heterocycles. The molecule has 0 aromatic carbocycles. The Labute approximate surface area is 104 Å². The van der Waals surface area contributed by atoms with Gasteiger partial charge in [0.25, 0.3) is 0 Å². The lowest BCUT2D eigenvalue weighted by molar-refractivity contribution is 0.550. The molecule has 0 unspecified atom stereocenters. The number of sulfonamides is 1. The van der Waals surface area contributed by atoms with Crippen molar-refractivity contribution in [1.82, 2.24) is 4.72 Å². The van der Waals surface area contributed by atoms with E-state index in [4.69, 9.17) is 4.42 Å². The lowest BCUT2D eigenvalue weighted by atomic mass is 10.1. The molecule has 17 heavy (non-hydrogen) atoms. The van der Waals surface area contributed by atoms with E-state index >= 15 is 0 Å². The molecular formula is C11H13NO3S2. The van der Waals surface area contributed by atoms with Crippen LogP contribution in [-0.2, 0) is 16.4 Å². The van der Waals surface area contributed by atoms with Crippen molar-refractivity contribution in [3.63, 3.8) is 0 Å². The monoisotopic (exact) mass is 271 g/mol. The summed E-state index contributed by atoms with van der Waals surface area (Å²) >= 11 is 1.21. The largest absolute Gasteiger partial charge is 0.472 e. The first kappa shape index (κ1) is 12.3. The molecule has 1 atom stereocenters. The third-order valence-corrected chi connectivity index (χ3v) is 5.23. The number of furan rings is 1. The Morgan fingerprint density at radius 1 is 1.47 bits per heavy atom. The summed E-state index contributed by atoms with van der Waals surface area (Å²) in [6.45, 7) is 1.83. The maximum Gasteiger partial charge on any atom is 0.250 e.